The number of amides is 2. The van der Waals surface area contributed by atoms with E-state index in [1.54, 1.807) is 6.92 Å². The van der Waals surface area contributed by atoms with Gasteiger partial charge in [0.15, 0.2) is 6.10 Å². The molecule has 0 aromatic heterocycles. The van der Waals surface area contributed by atoms with Gasteiger partial charge in [-0.05, 0) is 34.6 Å². The van der Waals surface area contributed by atoms with E-state index in [9.17, 15) is 19.5 Å². The van der Waals surface area contributed by atoms with Crippen molar-refractivity contribution in [3.05, 3.63) is 59.7 Å². The molecular formula is C26H30N2O6. The van der Waals surface area contributed by atoms with Crippen molar-refractivity contribution in [1.82, 2.24) is 10.6 Å². The Morgan fingerprint density at radius 3 is 2.29 bits per heavy atom. The summed E-state index contributed by atoms with van der Waals surface area (Å²) in [5.74, 6) is -1.95. The summed E-state index contributed by atoms with van der Waals surface area (Å²) in [6, 6.07) is 14.5. The molecule has 180 valence electrons. The number of aliphatic carboxylic acids is 1. The normalized spacial score (nSPS) is 20.6. The van der Waals surface area contributed by atoms with E-state index in [1.807, 2.05) is 43.3 Å². The summed E-state index contributed by atoms with van der Waals surface area (Å²) in [4.78, 5) is 36.9. The monoisotopic (exact) mass is 466 g/mol. The van der Waals surface area contributed by atoms with E-state index in [0.29, 0.717) is 12.8 Å². The van der Waals surface area contributed by atoms with Gasteiger partial charge in [0.2, 0.25) is 0 Å². The Hall–Kier alpha value is -3.39. The maximum Gasteiger partial charge on any atom is 0.407 e. The Morgan fingerprint density at radius 2 is 1.71 bits per heavy atom. The van der Waals surface area contributed by atoms with Crippen LogP contribution in [0.4, 0.5) is 4.79 Å². The second-order valence-corrected chi connectivity index (χ2v) is 8.87. The third-order valence-electron chi connectivity index (χ3n) is 6.77. The number of alkyl carbamates (subject to hydrolysis) is 1. The standard InChI is InChI=1S/C26H30N2O6/c1-3-15(2)22(25(30)31)28-24(29)23-21(12-13-33-23)27-26(32)34-14-20-18-10-6-4-8-16(18)17-9-5-7-11-19(17)20/h4-11,15,20-23H,3,12-14H2,1-2H3,(H,27,32)(H,28,29)(H,30,31)/t15-,21+,22-,23-/m0/s1. The summed E-state index contributed by atoms with van der Waals surface area (Å²) < 4.78 is 11.1. The Kier molecular flexibility index (Phi) is 7.17. The predicted molar refractivity (Wildman–Crippen MR) is 125 cm³/mol. The van der Waals surface area contributed by atoms with Crippen molar-refractivity contribution in [3.8, 4) is 11.1 Å². The van der Waals surface area contributed by atoms with Crippen LogP contribution in [-0.2, 0) is 19.1 Å². The minimum Gasteiger partial charge on any atom is -0.480 e. The van der Waals surface area contributed by atoms with Crippen molar-refractivity contribution < 1.29 is 29.0 Å². The van der Waals surface area contributed by atoms with Gasteiger partial charge in [-0.3, -0.25) is 4.79 Å². The molecule has 3 N–H and O–H groups in total. The van der Waals surface area contributed by atoms with Crippen LogP contribution in [0.1, 0.15) is 43.7 Å². The number of carbonyl (C=O) groups excluding carboxylic acids is 2. The molecule has 1 saturated heterocycles. The van der Waals surface area contributed by atoms with Gasteiger partial charge < -0.3 is 25.2 Å². The van der Waals surface area contributed by atoms with Crippen LogP contribution in [0.25, 0.3) is 11.1 Å². The molecule has 8 heteroatoms. The van der Waals surface area contributed by atoms with Gasteiger partial charge in [0.25, 0.3) is 5.91 Å². The first-order chi connectivity index (χ1) is 16.4. The van der Waals surface area contributed by atoms with E-state index in [4.69, 9.17) is 9.47 Å². The van der Waals surface area contributed by atoms with Crippen LogP contribution >= 0.6 is 0 Å². The van der Waals surface area contributed by atoms with Gasteiger partial charge in [-0.1, -0.05) is 68.8 Å². The molecule has 1 fully saturated rings. The Morgan fingerprint density at radius 1 is 1.09 bits per heavy atom. The molecule has 2 aromatic rings. The molecule has 0 spiro atoms. The van der Waals surface area contributed by atoms with Gasteiger partial charge in [-0.2, -0.15) is 0 Å². The van der Waals surface area contributed by atoms with Gasteiger partial charge in [0.1, 0.15) is 12.6 Å². The van der Waals surface area contributed by atoms with E-state index >= 15 is 0 Å². The maximum atomic E-state index is 12.7. The van der Waals surface area contributed by atoms with Crippen LogP contribution in [-0.4, -0.2) is 54.5 Å². The first-order valence-corrected chi connectivity index (χ1v) is 11.7. The topological polar surface area (TPSA) is 114 Å². The maximum absolute atomic E-state index is 12.7. The zero-order chi connectivity index (χ0) is 24.2. The Bertz CT molecular complexity index is 1030. The largest absolute Gasteiger partial charge is 0.480 e. The molecule has 4 rings (SSSR count). The molecule has 2 aromatic carbocycles. The minimum atomic E-state index is -1.10. The van der Waals surface area contributed by atoms with Gasteiger partial charge in [-0.25, -0.2) is 9.59 Å². The molecule has 0 bridgehead atoms. The fourth-order valence-electron chi connectivity index (χ4n) is 4.71. The van der Waals surface area contributed by atoms with Gasteiger partial charge in [0.05, 0.1) is 6.04 Å². The molecule has 34 heavy (non-hydrogen) atoms. The van der Waals surface area contributed by atoms with Gasteiger partial charge in [-0.15, -0.1) is 0 Å². The number of carbonyl (C=O) groups is 3. The summed E-state index contributed by atoms with van der Waals surface area (Å²) in [6.45, 7) is 4.08. The van der Waals surface area contributed by atoms with E-state index in [1.165, 1.54) is 0 Å². The first-order valence-electron chi connectivity index (χ1n) is 11.7. The highest BCUT2D eigenvalue weighted by molar-refractivity contribution is 5.87. The third kappa shape index (κ3) is 4.77. The zero-order valence-electron chi connectivity index (χ0n) is 19.3. The lowest BCUT2D eigenvalue weighted by atomic mass is 9.98. The number of fused-ring (bicyclic) bond motifs is 3. The molecule has 8 nitrogen and oxygen atoms in total. The number of hydrogen-bond donors (Lipinski definition) is 3. The lowest BCUT2D eigenvalue weighted by Crippen LogP contribution is -2.53. The van der Waals surface area contributed by atoms with Crippen molar-refractivity contribution in [2.24, 2.45) is 5.92 Å². The molecule has 4 atom stereocenters. The fourth-order valence-corrected chi connectivity index (χ4v) is 4.71. The molecule has 2 amide bonds. The predicted octanol–water partition coefficient (Wildman–Crippen LogP) is 3.30. The highest BCUT2D eigenvalue weighted by Crippen LogP contribution is 2.44. The number of carboxylic acid groups (broad SMARTS) is 1. The fraction of sp³-hybridized carbons (Fsp3) is 0.423. The van der Waals surface area contributed by atoms with E-state index in [0.717, 1.165) is 22.3 Å². The second kappa shape index (κ2) is 10.3. The molecular weight excluding hydrogens is 436 g/mol. The number of hydrogen-bond acceptors (Lipinski definition) is 5. The van der Waals surface area contributed by atoms with Crippen LogP contribution < -0.4 is 10.6 Å². The third-order valence-corrected chi connectivity index (χ3v) is 6.77. The average Bonchev–Trinajstić information content (AvgIpc) is 3.43. The number of nitrogens with one attached hydrogen (secondary N) is 2. The smallest absolute Gasteiger partial charge is 0.407 e. The number of carboxylic acids is 1. The van der Waals surface area contributed by atoms with Crippen LogP contribution in [0.3, 0.4) is 0 Å². The number of rotatable bonds is 8. The quantitative estimate of drug-likeness (QED) is 0.550. The van der Waals surface area contributed by atoms with Gasteiger partial charge >= 0.3 is 12.1 Å². The molecule has 2 aliphatic rings. The highest BCUT2D eigenvalue weighted by atomic mass is 16.6. The molecule has 1 heterocycles. The first kappa shape index (κ1) is 23.8. The van der Waals surface area contributed by atoms with Crippen LogP contribution in [0.5, 0.6) is 0 Å². The molecule has 0 unspecified atom stereocenters. The Balaban J connectivity index is 1.37. The number of benzene rings is 2. The summed E-state index contributed by atoms with van der Waals surface area (Å²) in [6.07, 6.45) is -0.564. The van der Waals surface area contributed by atoms with Crippen molar-refractivity contribution >= 4 is 18.0 Å². The van der Waals surface area contributed by atoms with Gasteiger partial charge in [0, 0.05) is 12.5 Å². The van der Waals surface area contributed by atoms with Crippen molar-refractivity contribution in [2.45, 2.75) is 50.8 Å². The molecule has 0 saturated carbocycles. The SMILES string of the molecule is CC[C@H](C)[C@H](NC(=O)[C@H]1OCC[C@H]1NC(=O)OCC1c2ccccc2-c2ccccc21)C(=O)O. The summed E-state index contributed by atoms with van der Waals surface area (Å²) in [7, 11) is 0. The van der Waals surface area contributed by atoms with Crippen LogP contribution in [0.15, 0.2) is 48.5 Å². The van der Waals surface area contributed by atoms with Crippen molar-refractivity contribution in [1.29, 1.82) is 0 Å². The second-order valence-electron chi connectivity index (χ2n) is 8.87. The molecule has 1 aliphatic heterocycles. The lowest BCUT2D eigenvalue weighted by molar-refractivity contribution is -0.145. The van der Waals surface area contributed by atoms with Crippen LogP contribution in [0.2, 0.25) is 0 Å². The number of ether oxygens (including phenoxy) is 2. The van der Waals surface area contributed by atoms with E-state index in [-0.39, 0.29) is 25.0 Å². The van der Waals surface area contributed by atoms with Crippen LogP contribution in [0, 0.1) is 5.92 Å². The summed E-state index contributed by atoms with van der Waals surface area (Å²) >= 11 is 0. The minimum absolute atomic E-state index is 0.0658. The summed E-state index contributed by atoms with van der Waals surface area (Å²) in [5, 5.41) is 14.7. The lowest BCUT2D eigenvalue weighted by Gasteiger charge is -2.24. The van der Waals surface area contributed by atoms with E-state index < -0.39 is 36.2 Å². The molecule has 1 aliphatic carbocycles. The van der Waals surface area contributed by atoms with Crippen molar-refractivity contribution in [3.63, 3.8) is 0 Å². The van der Waals surface area contributed by atoms with E-state index in [2.05, 4.69) is 22.8 Å². The van der Waals surface area contributed by atoms with Crippen molar-refractivity contribution in [2.75, 3.05) is 13.2 Å². The molecule has 0 radical (unpaired) electrons. The highest BCUT2D eigenvalue weighted by Gasteiger charge is 2.38. The zero-order valence-corrected chi connectivity index (χ0v) is 19.3. The summed E-state index contributed by atoms with van der Waals surface area (Å²) in [5.41, 5.74) is 4.51. The average molecular weight is 467 g/mol. The Labute approximate surface area is 198 Å².